The van der Waals surface area contributed by atoms with Gasteiger partial charge in [0.15, 0.2) is 0 Å². The average Bonchev–Trinajstić information content (AvgIpc) is 2.55. The van der Waals surface area contributed by atoms with Gasteiger partial charge >= 0.3 is 0 Å². The zero-order valence-electron chi connectivity index (χ0n) is 10.7. The van der Waals surface area contributed by atoms with Crippen LogP contribution in [0.5, 0.6) is 0 Å². The number of fused-ring (bicyclic) bond motifs is 2. The minimum atomic E-state index is 0.631. The molecule has 3 heteroatoms. The molecule has 3 heterocycles. The maximum Gasteiger partial charge on any atom is 0.0558 e. The van der Waals surface area contributed by atoms with Gasteiger partial charge in [-0.25, -0.2) is 0 Å². The number of piperidine rings is 1. The summed E-state index contributed by atoms with van der Waals surface area (Å²) in [7, 11) is 2.29. The standard InChI is InChI=1S/C14H21N3/c1-10-5-6-15-9-14(10)16-11-7-12-3-4-13(8-11)17(12)2/h5-6,9,11-13,16H,3-4,7-8H2,1-2H3. The molecule has 0 amide bonds. The second-order valence-corrected chi connectivity index (χ2v) is 5.55. The van der Waals surface area contributed by atoms with E-state index in [4.69, 9.17) is 0 Å². The van der Waals surface area contributed by atoms with Gasteiger partial charge in [-0.1, -0.05) is 0 Å². The number of aryl methyl sites for hydroxylation is 1. The van der Waals surface area contributed by atoms with Gasteiger partial charge in [0, 0.05) is 24.3 Å². The quantitative estimate of drug-likeness (QED) is 0.847. The van der Waals surface area contributed by atoms with Crippen LogP contribution < -0.4 is 5.32 Å². The van der Waals surface area contributed by atoms with Gasteiger partial charge < -0.3 is 10.2 Å². The van der Waals surface area contributed by atoms with Gasteiger partial charge in [0.1, 0.15) is 0 Å². The molecule has 17 heavy (non-hydrogen) atoms. The topological polar surface area (TPSA) is 28.2 Å². The number of hydrogen-bond donors (Lipinski definition) is 1. The zero-order chi connectivity index (χ0) is 11.8. The van der Waals surface area contributed by atoms with E-state index in [1.54, 1.807) is 0 Å². The van der Waals surface area contributed by atoms with Gasteiger partial charge in [-0.3, -0.25) is 4.98 Å². The van der Waals surface area contributed by atoms with E-state index in [2.05, 4.69) is 35.2 Å². The van der Waals surface area contributed by atoms with Crippen LogP contribution in [0.1, 0.15) is 31.2 Å². The third-order valence-corrected chi connectivity index (χ3v) is 4.50. The fourth-order valence-corrected chi connectivity index (χ4v) is 3.36. The van der Waals surface area contributed by atoms with Gasteiger partial charge in [-0.15, -0.1) is 0 Å². The Morgan fingerprint density at radius 2 is 2.00 bits per heavy atom. The van der Waals surface area contributed by atoms with Crippen LogP contribution in [0.15, 0.2) is 18.5 Å². The van der Waals surface area contributed by atoms with Crippen LogP contribution in [0.3, 0.4) is 0 Å². The summed E-state index contributed by atoms with van der Waals surface area (Å²) in [6.07, 6.45) is 9.13. The Balaban J connectivity index is 1.70. The molecule has 3 rings (SSSR count). The molecule has 2 aliphatic heterocycles. The Morgan fingerprint density at radius 3 is 2.65 bits per heavy atom. The third kappa shape index (κ3) is 2.04. The third-order valence-electron chi connectivity index (χ3n) is 4.50. The Labute approximate surface area is 103 Å². The van der Waals surface area contributed by atoms with Gasteiger partial charge in [0.05, 0.1) is 11.9 Å². The number of nitrogens with zero attached hydrogens (tertiary/aromatic N) is 2. The highest BCUT2D eigenvalue weighted by Crippen LogP contribution is 2.35. The van der Waals surface area contributed by atoms with Crippen molar-refractivity contribution < 1.29 is 0 Å². The summed E-state index contributed by atoms with van der Waals surface area (Å²) in [6, 6.07) is 4.30. The molecule has 1 aromatic rings. The Bertz CT molecular complexity index is 390. The normalized spacial score (nSPS) is 32.7. The van der Waals surface area contributed by atoms with Crippen molar-refractivity contribution in [2.45, 2.75) is 50.7 Å². The van der Waals surface area contributed by atoms with E-state index in [0.29, 0.717) is 6.04 Å². The fourth-order valence-electron chi connectivity index (χ4n) is 3.36. The Kier molecular flexibility index (Phi) is 2.79. The monoisotopic (exact) mass is 231 g/mol. The molecule has 2 unspecified atom stereocenters. The molecule has 0 saturated carbocycles. The van der Waals surface area contributed by atoms with Crippen LogP contribution in [0.2, 0.25) is 0 Å². The summed E-state index contributed by atoms with van der Waals surface area (Å²) in [5.74, 6) is 0. The Morgan fingerprint density at radius 1 is 1.29 bits per heavy atom. The summed E-state index contributed by atoms with van der Waals surface area (Å²) < 4.78 is 0. The van der Waals surface area contributed by atoms with E-state index >= 15 is 0 Å². The maximum atomic E-state index is 4.21. The molecule has 1 N–H and O–H groups in total. The summed E-state index contributed by atoms with van der Waals surface area (Å²) in [5.41, 5.74) is 2.51. The Hall–Kier alpha value is -1.09. The van der Waals surface area contributed by atoms with Crippen molar-refractivity contribution in [3.63, 3.8) is 0 Å². The van der Waals surface area contributed by atoms with Crippen LogP contribution in [0.25, 0.3) is 0 Å². The van der Waals surface area contributed by atoms with Crippen molar-refractivity contribution in [1.29, 1.82) is 0 Å². The average molecular weight is 231 g/mol. The number of nitrogens with one attached hydrogen (secondary N) is 1. The lowest BCUT2D eigenvalue weighted by atomic mass is 9.97. The molecule has 2 bridgehead atoms. The first-order valence-electron chi connectivity index (χ1n) is 6.63. The first-order valence-corrected chi connectivity index (χ1v) is 6.63. The molecule has 2 fully saturated rings. The molecule has 0 aromatic carbocycles. The smallest absolute Gasteiger partial charge is 0.0558 e. The van der Waals surface area contributed by atoms with Crippen molar-refractivity contribution in [3.8, 4) is 0 Å². The van der Waals surface area contributed by atoms with Crippen LogP contribution in [0, 0.1) is 6.92 Å². The van der Waals surface area contributed by atoms with Gasteiger partial charge in [0.2, 0.25) is 0 Å². The molecule has 0 radical (unpaired) electrons. The second kappa shape index (κ2) is 4.30. The van der Waals surface area contributed by atoms with E-state index in [9.17, 15) is 0 Å². The highest BCUT2D eigenvalue weighted by molar-refractivity contribution is 5.48. The molecule has 0 spiro atoms. The fraction of sp³-hybridized carbons (Fsp3) is 0.643. The number of pyridine rings is 1. The molecule has 2 atom stereocenters. The van der Waals surface area contributed by atoms with Crippen LogP contribution in [-0.4, -0.2) is 35.1 Å². The predicted octanol–water partition coefficient (Wildman–Crippen LogP) is 2.43. The summed E-state index contributed by atoms with van der Waals surface area (Å²) >= 11 is 0. The van der Waals surface area contributed by atoms with Crippen LogP contribution >= 0.6 is 0 Å². The molecular weight excluding hydrogens is 210 g/mol. The first-order chi connectivity index (χ1) is 8.24. The van der Waals surface area contributed by atoms with E-state index < -0.39 is 0 Å². The van der Waals surface area contributed by atoms with Gasteiger partial charge in [-0.05, 0) is 51.3 Å². The lowest BCUT2D eigenvalue weighted by molar-refractivity contribution is 0.169. The highest BCUT2D eigenvalue weighted by atomic mass is 15.2. The predicted molar refractivity (Wildman–Crippen MR) is 70.2 cm³/mol. The van der Waals surface area contributed by atoms with Crippen molar-refractivity contribution in [1.82, 2.24) is 9.88 Å². The van der Waals surface area contributed by atoms with E-state index in [0.717, 1.165) is 12.1 Å². The summed E-state index contributed by atoms with van der Waals surface area (Å²) in [4.78, 5) is 6.78. The minimum Gasteiger partial charge on any atom is -0.381 e. The number of anilines is 1. The molecule has 1 aromatic heterocycles. The number of rotatable bonds is 2. The number of hydrogen-bond acceptors (Lipinski definition) is 3. The molecular formula is C14H21N3. The number of aromatic nitrogens is 1. The van der Waals surface area contributed by atoms with Crippen LogP contribution in [-0.2, 0) is 0 Å². The summed E-state index contributed by atoms with van der Waals surface area (Å²) in [5, 5.41) is 3.68. The van der Waals surface area contributed by atoms with E-state index in [1.165, 1.54) is 36.9 Å². The molecule has 92 valence electrons. The van der Waals surface area contributed by atoms with Gasteiger partial charge in [0.25, 0.3) is 0 Å². The van der Waals surface area contributed by atoms with Crippen molar-refractivity contribution >= 4 is 5.69 Å². The molecule has 0 aliphatic carbocycles. The lowest BCUT2D eigenvalue weighted by Gasteiger charge is -2.37. The van der Waals surface area contributed by atoms with Gasteiger partial charge in [-0.2, -0.15) is 0 Å². The zero-order valence-corrected chi connectivity index (χ0v) is 10.7. The largest absolute Gasteiger partial charge is 0.381 e. The first kappa shape index (κ1) is 11.0. The van der Waals surface area contributed by atoms with E-state index in [1.807, 2.05) is 12.4 Å². The van der Waals surface area contributed by atoms with Crippen molar-refractivity contribution in [2.24, 2.45) is 0 Å². The minimum absolute atomic E-state index is 0.631. The van der Waals surface area contributed by atoms with E-state index in [-0.39, 0.29) is 0 Å². The highest BCUT2D eigenvalue weighted by Gasteiger charge is 2.38. The SMILES string of the molecule is Cc1ccncc1NC1CC2CCC(C1)N2C. The van der Waals surface area contributed by atoms with Crippen molar-refractivity contribution in [2.75, 3.05) is 12.4 Å². The van der Waals surface area contributed by atoms with Crippen LogP contribution in [0.4, 0.5) is 5.69 Å². The molecule has 3 nitrogen and oxygen atoms in total. The molecule has 2 aliphatic rings. The van der Waals surface area contributed by atoms with Crippen molar-refractivity contribution in [3.05, 3.63) is 24.0 Å². The maximum absolute atomic E-state index is 4.21. The lowest BCUT2D eigenvalue weighted by Crippen LogP contribution is -2.44. The second-order valence-electron chi connectivity index (χ2n) is 5.55. The molecule has 2 saturated heterocycles. The summed E-state index contributed by atoms with van der Waals surface area (Å²) in [6.45, 7) is 2.15.